The molecule has 1 N–H and O–H groups in total. The molecule has 1 aromatic carbocycles. The number of nitrogens with one attached hydrogen (secondary N) is 1. The monoisotopic (exact) mass is 261 g/mol. The van der Waals surface area contributed by atoms with Gasteiger partial charge in [-0.05, 0) is 17.9 Å². The molecule has 1 aliphatic rings. The lowest BCUT2D eigenvalue weighted by atomic mass is 9.96. The van der Waals surface area contributed by atoms with Crippen LogP contribution in [0.4, 0.5) is 0 Å². The lowest BCUT2D eigenvalue weighted by Gasteiger charge is -2.23. The molecule has 1 fully saturated rings. The van der Waals surface area contributed by atoms with Gasteiger partial charge >= 0.3 is 0 Å². The Kier molecular flexibility index (Phi) is 5.11. The first-order chi connectivity index (χ1) is 9.20. The van der Waals surface area contributed by atoms with Crippen molar-refractivity contribution >= 4 is 5.78 Å². The van der Waals surface area contributed by atoms with E-state index in [1.54, 1.807) is 0 Å². The van der Waals surface area contributed by atoms with Crippen LogP contribution in [0.2, 0.25) is 0 Å². The van der Waals surface area contributed by atoms with Crippen molar-refractivity contribution in [3.8, 4) is 0 Å². The molecular formula is C16H23NO2. The summed E-state index contributed by atoms with van der Waals surface area (Å²) in [7, 11) is 0. The third kappa shape index (κ3) is 3.88. The first-order valence-corrected chi connectivity index (χ1v) is 7.15. The maximum Gasteiger partial charge on any atom is 0.164 e. The zero-order valence-electron chi connectivity index (χ0n) is 11.8. The molecule has 0 saturated carbocycles. The highest BCUT2D eigenvalue weighted by atomic mass is 16.5. The number of carbonyl (C=O) groups is 1. The zero-order chi connectivity index (χ0) is 13.7. The number of morpholine rings is 1. The van der Waals surface area contributed by atoms with Crippen LogP contribution < -0.4 is 5.32 Å². The second kappa shape index (κ2) is 6.83. The van der Waals surface area contributed by atoms with Gasteiger partial charge in [0, 0.05) is 24.6 Å². The van der Waals surface area contributed by atoms with Gasteiger partial charge in [-0.1, -0.05) is 38.1 Å². The van der Waals surface area contributed by atoms with Gasteiger partial charge in [-0.25, -0.2) is 0 Å². The molecule has 104 valence electrons. The number of carbonyl (C=O) groups excluding carboxylic acids is 1. The molecule has 1 saturated heterocycles. The highest BCUT2D eigenvalue weighted by Crippen LogP contribution is 2.19. The fourth-order valence-electron chi connectivity index (χ4n) is 2.33. The van der Waals surface area contributed by atoms with Crippen LogP contribution in [-0.4, -0.2) is 31.6 Å². The van der Waals surface area contributed by atoms with Gasteiger partial charge in [-0.2, -0.15) is 0 Å². The van der Waals surface area contributed by atoms with Gasteiger partial charge < -0.3 is 10.1 Å². The summed E-state index contributed by atoms with van der Waals surface area (Å²) in [4.78, 5) is 12.2. The summed E-state index contributed by atoms with van der Waals surface area (Å²) >= 11 is 0. The van der Waals surface area contributed by atoms with E-state index in [0.29, 0.717) is 18.9 Å². The van der Waals surface area contributed by atoms with E-state index in [2.05, 4.69) is 31.3 Å². The number of ether oxygens (including phenoxy) is 1. The summed E-state index contributed by atoms with van der Waals surface area (Å²) in [6.45, 7) is 6.61. The first-order valence-electron chi connectivity index (χ1n) is 7.15. The van der Waals surface area contributed by atoms with Gasteiger partial charge in [0.1, 0.15) is 0 Å². The molecule has 3 nitrogen and oxygen atoms in total. The maximum absolute atomic E-state index is 12.2. The number of Topliss-reactive ketones (excluding diaryl/α,β-unsaturated/α-hetero) is 1. The number of hydrogen-bond acceptors (Lipinski definition) is 3. The van der Waals surface area contributed by atoms with E-state index in [0.717, 1.165) is 25.1 Å². The highest BCUT2D eigenvalue weighted by Gasteiger charge is 2.17. The largest absolute Gasteiger partial charge is 0.378 e. The summed E-state index contributed by atoms with van der Waals surface area (Å²) in [5.74, 6) is 0.747. The summed E-state index contributed by atoms with van der Waals surface area (Å²) in [6.07, 6.45) is 1.64. The molecule has 1 aliphatic heterocycles. The second-order valence-electron chi connectivity index (χ2n) is 5.28. The lowest BCUT2D eigenvalue weighted by Crippen LogP contribution is -2.42. The van der Waals surface area contributed by atoms with Crippen LogP contribution in [0.1, 0.15) is 48.5 Å². The molecule has 19 heavy (non-hydrogen) atoms. The van der Waals surface area contributed by atoms with Gasteiger partial charge in [-0.3, -0.25) is 4.79 Å². The van der Waals surface area contributed by atoms with Crippen molar-refractivity contribution in [2.75, 3.05) is 19.8 Å². The molecule has 0 aromatic heterocycles. The average Bonchev–Trinajstić information content (AvgIpc) is 2.47. The predicted molar refractivity (Wildman–Crippen MR) is 76.7 cm³/mol. The van der Waals surface area contributed by atoms with Gasteiger partial charge in [0.05, 0.1) is 13.2 Å². The SMILES string of the molecule is CCC(C)c1ccc(C(=O)CC2COCCN2)cc1. The molecule has 0 bridgehead atoms. The van der Waals surface area contributed by atoms with Crippen LogP contribution in [0.15, 0.2) is 24.3 Å². The summed E-state index contributed by atoms with van der Waals surface area (Å²) < 4.78 is 5.37. The lowest BCUT2D eigenvalue weighted by molar-refractivity contribution is 0.0676. The number of hydrogen-bond donors (Lipinski definition) is 1. The highest BCUT2D eigenvalue weighted by molar-refractivity contribution is 5.96. The number of benzene rings is 1. The molecule has 0 amide bonds. The van der Waals surface area contributed by atoms with Gasteiger partial charge in [0.15, 0.2) is 5.78 Å². The Morgan fingerprint density at radius 2 is 2.16 bits per heavy atom. The normalized spacial score (nSPS) is 21.1. The number of rotatable bonds is 5. The fourth-order valence-corrected chi connectivity index (χ4v) is 2.33. The summed E-state index contributed by atoms with van der Waals surface area (Å²) in [6, 6.07) is 8.22. The molecule has 0 aliphatic carbocycles. The van der Waals surface area contributed by atoms with Crippen LogP contribution in [0.5, 0.6) is 0 Å². The Labute approximate surface area is 115 Å². The Balaban J connectivity index is 1.95. The summed E-state index contributed by atoms with van der Waals surface area (Å²) in [5, 5.41) is 3.31. The van der Waals surface area contributed by atoms with E-state index >= 15 is 0 Å². The van der Waals surface area contributed by atoms with Crippen LogP contribution in [0, 0.1) is 0 Å². The molecule has 3 heteroatoms. The first kappa shape index (κ1) is 14.2. The van der Waals surface area contributed by atoms with E-state index in [-0.39, 0.29) is 11.8 Å². The van der Waals surface area contributed by atoms with Crippen molar-refractivity contribution in [3.05, 3.63) is 35.4 Å². The van der Waals surface area contributed by atoms with E-state index in [1.165, 1.54) is 5.56 Å². The van der Waals surface area contributed by atoms with Gasteiger partial charge in [0.2, 0.25) is 0 Å². The molecule has 1 heterocycles. The Hall–Kier alpha value is -1.19. The average molecular weight is 261 g/mol. The van der Waals surface area contributed by atoms with Crippen LogP contribution in [0.3, 0.4) is 0 Å². The maximum atomic E-state index is 12.2. The fraction of sp³-hybridized carbons (Fsp3) is 0.562. The minimum absolute atomic E-state index is 0.162. The topological polar surface area (TPSA) is 38.3 Å². The van der Waals surface area contributed by atoms with E-state index in [4.69, 9.17) is 4.74 Å². The Morgan fingerprint density at radius 3 is 2.74 bits per heavy atom. The standard InChI is InChI=1S/C16H23NO2/c1-3-12(2)13-4-6-14(7-5-13)16(18)10-15-11-19-9-8-17-15/h4-7,12,15,17H,3,8-11H2,1-2H3. The van der Waals surface area contributed by atoms with Crippen LogP contribution in [0.25, 0.3) is 0 Å². The molecule has 2 atom stereocenters. The molecule has 0 spiro atoms. The Morgan fingerprint density at radius 1 is 1.42 bits per heavy atom. The van der Waals surface area contributed by atoms with Crippen molar-refractivity contribution in [2.24, 2.45) is 0 Å². The third-order valence-electron chi connectivity index (χ3n) is 3.84. The molecule has 2 unspecified atom stereocenters. The predicted octanol–water partition coefficient (Wildman–Crippen LogP) is 2.76. The molecule has 1 aromatic rings. The van der Waals surface area contributed by atoms with Gasteiger partial charge in [0.25, 0.3) is 0 Å². The molecular weight excluding hydrogens is 238 g/mol. The molecule has 0 radical (unpaired) electrons. The van der Waals surface area contributed by atoms with Crippen molar-refractivity contribution in [1.29, 1.82) is 0 Å². The van der Waals surface area contributed by atoms with Crippen LogP contribution >= 0.6 is 0 Å². The smallest absolute Gasteiger partial charge is 0.164 e. The van der Waals surface area contributed by atoms with Gasteiger partial charge in [-0.15, -0.1) is 0 Å². The van der Waals surface area contributed by atoms with E-state index in [1.807, 2.05) is 12.1 Å². The minimum Gasteiger partial charge on any atom is -0.378 e. The van der Waals surface area contributed by atoms with E-state index in [9.17, 15) is 4.79 Å². The quantitative estimate of drug-likeness (QED) is 0.828. The van der Waals surface area contributed by atoms with Crippen molar-refractivity contribution in [3.63, 3.8) is 0 Å². The Bertz CT molecular complexity index is 407. The summed E-state index contributed by atoms with van der Waals surface area (Å²) in [5.41, 5.74) is 2.11. The number of ketones is 1. The minimum atomic E-state index is 0.162. The van der Waals surface area contributed by atoms with Crippen molar-refractivity contribution in [2.45, 2.75) is 38.6 Å². The van der Waals surface area contributed by atoms with Crippen LogP contribution in [-0.2, 0) is 4.74 Å². The zero-order valence-corrected chi connectivity index (χ0v) is 11.8. The van der Waals surface area contributed by atoms with E-state index < -0.39 is 0 Å². The third-order valence-corrected chi connectivity index (χ3v) is 3.84. The molecule has 2 rings (SSSR count). The second-order valence-corrected chi connectivity index (χ2v) is 5.28. The van der Waals surface area contributed by atoms with Crippen molar-refractivity contribution < 1.29 is 9.53 Å². The van der Waals surface area contributed by atoms with Crippen molar-refractivity contribution in [1.82, 2.24) is 5.32 Å².